The van der Waals surface area contributed by atoms with Gasteiger partial charge in [0.15, 0.2) is 12.3 Å². The van der Waals surface area contributed by atoms with E-state index < -0.39 is 0 Å². The molecule has 5 heteroatoms. The highest BCUT2D eigenvalue weighted by Gasteiger charge is 2.37. The first kappa shape index (κ1) is 11.0. The van der Waals surface area contributed by atoms with Crippen LogP contribution in [0, 0.1) is 12.1 Å². The number of thiophene rings is 1. The van der Waals surface area contributed by atoms with Crippen LogP contribution in [-0.2, 0) is 4.74 Å². The van der Waals surface area contributed by atoms with Gasteiger partial charge in [0.25, 0.3) is 0 Å². The van der Waals surface area contributed by atoms with E-state index in [9.17, 15) is 5.21 Å². The predicted octanol–water partition coefficient (Wildman–Crippen LogP) is 1.35. The third-order valence-corrected chi connectivity index (χ3v) is 4.07. The topological polar surface area (TPSA) is 47.3 Å². The summed E-state index contributed by atoms with van der Waals surface area (Å²) in [5.74, 6) is 0. The van der Waals surface area contributed by atoms with Gasteiger partial charge in [-0.1, -0.05) is 0 Å². The summed E-state index contributed by atoms with van der Waals surface area (Å²) in [6.45, 7) is 4.31. The quantitative estimate of drug-likeness (QED) is 0.636. The van der Waals surface area contributed by atoms with Gasteiger partial charge >= 0.3 is 0 Å². The summed E-state index contributed by atoms with van der Waals surface area (Å²) in [7, 11) is 0. The molecule has 1 saturated heterocycles. The molecule has 3 heterocycles. The standard InChI is InChI=1S/C12H14N2O2S/c1-8-4-11(17-7-8)9-6-14(15)12(9)10-5-13-2-3-16-10/h4,6-7,10,13H,2-3,5H2,1H3. The number of aryl methyl sites for hydroxylation is 1. The number of hydroxylamine groups is 1. The lowest BCUT2D eigenvalue weighted by molar-refractivity contribution is -0.391. The Morgan fingerprint density at radius 1 is 1.59 bits per heavy atom. The van der Waals surface area contributed by atoms with Gasteiger partial charge < -0.3 is 15.3 Å². The van der Waals surface area contributed by atoms with E-state index in [0.717, 1.165) is 34.0 Å². The van der Waals surface area contributed by atoms with Crippen LogP contribution in [0.1, 0.15) is 10.4 Å². The molecule has 0 spiro atoms. The number of morpholine rings is 1. The maximum atomic E-state index is 11.6. The third-order valence-electron chi connectivity index (χ3n) is 2.99. The predicted molar refractivity (Wildman–Crippen MR) is 68.3 cm³/mol. The van der Waals surface area contributed by atoms with Gasteiger partial charge in [0, 0.05) is 18.0 Å². The first-order valence-corrected chi connectivity index (χ1v) is 6.57. The van der Waals surface area contributed by atoms with E-state index in [-0.39, 0.29) is 6.10 Å². The minimum atomic E-state index is -0.108. The van der Waals surface area contributed by atoms with Gasteiger partial charge in [-0.2, -0.15) is 4.74 Å². The van der Waals surface area contributed by atoms with Gasteiger partial charge in [-0.3, -0.25) is 0 Å². The van der Waals surface area contributed by atoms with Crippen LogP contribution in [0.15, 0.2) is 17.6 Å². The van der Waals surface area contributed by atoms with E-state index in [4.69, 9.17) is 4.74 Å². The molecule has 2 aliphatic rings. The van der Waals surface area contributed by atoms with Crippen LogP contribution in [0.2, 0.25) is 0 Å². The van der Waals surface area contributed by atoms with Crippen molar-refractivity contribution >= 4 is 22.6 Å². The summed E-state index contributed by atoms with van der Waals surface area (Å²) in [5.41, 5.74) is 3.03. The van der Waals surface area contributed by atoms with Gasteiger partial charge in [-0.15, -0.1) is 11.3 Å². The molecule has 17 heavy (non-hydrogen) atoms. The molecule has 90 valence electrons. The molecule has 2 aliphatic heterocycles. The van der Waals surface area contributed by atoms with Gasteiger partial charge in [0.2, 0.25) is 5.71 Å². The van der Waals surface area contributed by atoms with Crippen molar-refractivity contribution in [1.29, 1.82) is 0 Å². The lowest BCUT2D eigenvalue weighted by Crippen LogP contribution is -2.47. The Bertz CT molecular complexity index is 498. The maximum absolute atomic E-state index is 11.6. The summed E-state index contributed by atoms with van der Waals surface area (Å²) in [5, 5.41) is 17.0. The fraction of sp³-hybridized carbons (Fsp3) is 0.417. The monoisotopic (exact) mass is 250 g/mol. The number of hydrogen-bond acceptors (Lipinski definition) is 4. The minimum Gasteiger partial charge on any atom is -0.618 e. The zero-order valence-electron chi connectivity index (χ0n) is 9.60. The molecule has 1 aromatic rings. The summed E-state index contributed by atoms with van der Waals surface area (Å²) in [6.07, 6.45) is 1.53. The third kappa shape index (κ3) is 1.90. The van der Waals surface area contributed by atoms with Crippen LogP contribution in [-0.4, -0.2) is 36.3 Å². The fourth-order valence-electron chi connectivity index (χ4n) is 2.12. The number of rotatable bonds is 2. The van der Waals surface area contributed by atoms with Crippen LogP contribution in [0.25, 0.3) is 5.57 Å². The second-order valence-corrected chi connectivity index (χ2v) is 5.22. The van der Waals surface area contributed by atoms with Crippen LogP contribution >= 0.6 is 11.3 Å². The summed E-state index contributed by atoms with van der Waals surface area (Å²) >= 11 is 1.67. The van der Waals surface area contributed by atoms with Crippen molar-refractivity contribution in [1.82, 2.24) is 5.32 Å². The van der Waals surface area contributed by atoms with E-state index in [1.54, 1.807) is 17.5 Å². The van der Waals surface area contributed by atoms with Crippen molar-refractivity contribution in [2.75, 3.05) is 19.7 Å². The first-order chi connectivity index (χ1) is 8.25. The Morgan fingerprint density at radius 2 is 2.47 bits per heavy atom. The van der Waals surface area contributed by atoms with Crippen molar-refractivity contribution < 1.29 is 9.48 Å². The Hall–Kier alpha value is -1.17. The Balaban J connectivity index is 1.82. The normalized spacial score (nSPS) is 24.5. The van der Waals surface area contributed by atoms with Crippen molar-refractivity contribution in [3.8, 4) is 0 Å². The van der Waals surface area contributed by atoms with Crippen molar-refractivity contribution in [3.63, 3.8) is 0 Å². The molecule has 1 aromatic heterocycles. The number of hydrogen-bond donors (Lipinski definition) is 1. The minimum absolute atomic E-state index is 0.108. The summed E-state index contributed by atoms with van der Waals surface area (Å²) < 4.78 is 6.57. The number of ether oxygens (including phenoxy) is 1. The molecule has 1 N–H and O–H groups in total. The number of nitrogens with zero attached hydrogens (tertiary/aromatic N) is 1. The van der Waals surface area contributed by atoms with Crippen LogP contribution in [0.5, 0.6) is 0 Å². The zero-order chi connectivity index (χ0) is 11.8. The molecule has 0 bridgehead atoms. The summed E-state index contributed by atoms with van der Waals surface area (Å²) in [6, 6.07) is 2.11. The lowest BCUT2D eigenvalue weighted by Gasteiger charge is -2.27. The van der Waals surface area contributed by atoms with Crippen molar-refractivity contribution in [3.05, 3.63) is 33.3 Å². The highest BCUT2D eigenvalue weighted by Crippen LogP contribution is 2.30. The lowest BCUT2D eigenvalue weighted by atomic mass is 9.99. The van der Waals surface area contributed by atoms with Crippen LogP contribution in [0.4, 0.5) is 0 Å². The molecule has 0 radical (unpaired) electrons. The maximum Gasteiger partial charge on any atom is 0.237 e. The Labute approximate surface area is 104 Å². The Morgan fingerprint density at radius 3 is 3.06 bits per heavy atom. The highest BCUT2D eigenvalue weighted by atomic mass is 32.1. The Kier molecular flexibility index (Phi) is 2.74. The van der Waals surface area contributed by atoms with Gasteiger partial charge in [-0.25, -0.2) is 0 Å². The molecule has 0 aliphatic carbocycles. The summed E-state index contributed by atoms with van der Waals surface area (Å²) in [4.78, 5) is 1.15. The highest BCUT2D eigenvalue weighted by molar-refractivity contribution is 7.11. The molecule has 4 nitrogen and oxygen atoms in total. The average Bonchev–Trinajstić information content (AvgIpc) is 2.73. The van der Waals surface area contributed by atoms with Crippen LogP contribution in [0.3, 0.4) is 0 Å². The van der Waals surface area contributed by atoms with Crippen molar-refractivity contribution in [2.45, 2.75) is 13.0 Å². The van der Waals surface area contributed by atoms with Gasteiger partial charge in [-0.05, 0) is 23.9 Å². The molecule has 3 rings (SSSR count). The molecule has 1 atom stereocenters. The fourth-order valence-corrected chi connectivity index (χ4v) is 3.04. The van der Waals surface area contributed by atoms with E-state index in [1.807, 2.05) is 0 Å². The largest absolute Gasteiger partial charge is 0.618 e. The molecular formula is C12H14N2O2S. The van der Waals surface area contributed by atoms with Gasteiger partial charge in [0.05, 0.1) is 6.61 Å². The molecule has 1 unspecified atom stereocenters. The SMILES string of the molecule is Cc1csc(C2=C[N+]([O-])=C2C2CNCCO2)c1. The first-order valence-electron chi connectivity index (χ1n) is 5.69. The van der Waals surface area contributed by atoms with Crippen molar-refractivity contribution in [2.24, 2.45) is 0 Å². The second-order valence-electron chi connectivity index (χ2n) is 4.31. The number of nitrogens with one attached hydrogen (secondary N) is 1. The molecule has 0 amide bonds. The molecule has 0 saturated carbocycles. The van der Waals surface area contributed by atoms with E-state index in [0.29, 0.717) is 6.61 Å². The van der Waals surface area contributed by atoms with E-state index in [1.165, 1.54) is 5.56 Å². The average molecular weight is 250 g/mol. The van der Waals surface area contributed by atoms with E-state index in [2.05, 4.69) is 23.7 Å². The molecule has 0 aromatic carbocycles. The smallest absolute Gasteiger partial charge is 0.237 e. The zero-order valence-corrected chi connectivity index (χ0v) is 10.4. The van der Waals surface area contributed by atoms with E-state index >= 15 is 0 Å². The molecule has 1 fully saturated rings. The molecular weight excluding hydrogens is 236 g/mol. The van der Waals surface area contributed by atoms with Crippen LogP contribution < -0.4 is 5.32 Å². The van der Waals surface area contributed by atoms with Gasteiger partial charge in [0.1, 0.15) is 5.57 Å². The second kappa shape index (κ2) is 4.25.